The zero-order valence-corrected chi connectivity index (χ0v) is 18.9. The lowest BCUT2D eigenvalue weighted by atomic mass is 9.93. The topological polar surface area (TPSA) is 35.9 Å². The van der Waals surface area contributed by atoms with E-state index >= 15 is 0 Å². The van der Waals surface area contributed by atoms with Gasteiger partial charge in [0.25, 0.3) is 0 Å². The summed E-state index contributed by atoms with van der Waals surface area (Å²) in [6.07, 6.45) is -3.56. The number of rotatable bonds is 7. The van der Waals surface area contributed by atoms with Crippen molar-refractivity contribution in [1.29, 1.82) is 0 Å². The fourth-order valence-electron chi connectivity index (χ4n) is 4.15. The molecule has 8 heteroatoms. The van der Waals surface area contributed by atoms with Crippen LogP contribution in [-0.4, -0.2) is 66.6 Å². The molecule has 0 aromatic heterocycles. The summed E-state index contributed by atoms with van der Waals surface area (Å²) in [5.41, 5.74) is 2.78. The van der Waals surface area contributed by atoms with E-state index in [4.69, 9.17) is 9.84 Å². The smallest absolute Gasteiger partial charge is 0.401 e. The van der Waals surface area contributed by atoms with Crippen LogP contribution in [0.3, 0.4) is 0 Å². The van der Waals surface area contributed by atoms with Gasteiger partial charge in [0.05, 0.1) is 19.8 Å². The van der Waals surface area contributed by atoms with Crippen LogP contribution >= 0.6 is 0 Å². The van der Waals surface area contributed by atoms with Crippen molar-refractivity contribution < 1.29 is 27.4 Å². The maximum atomic E-state index is 12.4. The number of aliphatic hydroxyl groups excluding tert-OH is 1. The third-order valence-electron chi connectivity index (χ3n) is 6.02. The van der Waals surface area contributed by atoms with Gasteiger partial charge in [0, 0.05) is 38.1 Å². The predicted octanol–water partition coefficient (Wildman–Crippen LogP) is 4.45. The van der Waals surface area contributed by atoms with Gasteiger partial charge in [0.2, 0.25) is 0 Å². The van der Waals surface area contributed by atoms with Gasteiger partial charge in [-0.05, 0) is 42.2 Å². The quantitative estimate of drug-likeness (QED) is 0.609. The SMILES string of the molecule is CC1Cc2cc(CO)ccc2CN1CC(F)(F)F.FCC1CN(CCOc2ccccc2)C1. The summed E-state index contributed by atoms with van der Waals surface area (Å²) in [6, 6.07) is 15.1. The van der Waals surface area contributed by atoms with E-state index in [9.17, 15) is 17.6 Å². The highest BCUT2D eigenvalue weighted by Crippen LogP contribution is 2.27. The van der Waals surface area contributed by atoms with Crippen LogP contribution in [0.2, 0.25) is 0 Å². The average molecular weight is 469 g/mol. The molecule has 33 heavy (non-hydrogen) atoms. The van der Waals surface area contributed by atoms with E-state index in [1.165, 1.54) is 4.90 Å². The van der Waals surface area contributed by atoms with Gasteiger partial charge in [-0.2, -0.15) is 13.2 Å². The molecule has 0 spiro atoms. The number of fused-ring (bicyclic) bond motifs is 1. The number of likely N-dealkylation sites (tertiary alicyclic amines) is 1. The lowest BCUT2D eigenvalue weighted by molar-refractivity contribution is -0.152. The number of aliphatic hydroxyl groups is 1. The summed E-state index contributed by atoms with van der Waals surface area (Å²) in [5.74, 6) is 1.17. The van der Waals surface area contributed by atoms with Crippen LogP contribution in [0.5, 0.6) is 5.75 Å². The van der Waals surface area contributed by atoms with E-state index in [0.717, 1.165) is 42.1 Å². The van der Waals surface area contributed by atoms with Gasteiger partial charge in [-0.25, -0.2) is 0 Å². The van der Waals surface area contributed by atoms with Crippen molar-refractivity contribution >= 4 is 0 Å². The van der Waals surface area contributed by atoms with Crippen molar-refractivity contribution in [1.82, 2.24) is 9.80 Å². The second-order valence-electron chi connectivity index (χ2n) is 8.78. The molecule has 4 nitrogen and oxygen atoms in total. The minimum absolute atomic E-state index is 0.0338. The summed E-state index contributed by atoms with van der Waals surface area (Å²) in [7, 11) is 0. The molecule has 1 fully saturated rings. The molecule has 0 saturated carbocycles. The van der Waals surface area contributed by atoms with Crippen molar-refractivity contribution in [3.63, 3.8) is 0 Å². The van der Waals surface area contributed by atoms with Gasteiger partial charge in [-0.3, -0.25) is 14.2 Å². The van der Waals surface area contributed by atoms with Crippen molar-refractivity contribution in [3.8, 4) is 5.75 Å². The van der Waals surface area contributed by atoms with Gasteiger partial charge in [0.1, 0.15) is 12.4 Å². The number of hydrogen-bond donors (Lipinski definition) is 1. The molecule has 2 aliphatic rings. The summed E-state index contributed by atoms with van der Waals surface area (Å²) in [5, 5.41) is 9.05. The molecule has 2 aromatic rings. The number of ether oxygens (including phenoxy) is 1. The Labute approximate surface area is 192 Å². The lowest BCUT2D eigenvalue weighted by Gasteiger charge is -2.37. The monoisotopic (exact) mass is 468 g/mol. The van der Waals surface area contributed by atoms with Gasteiger partial charge in [0.15, 0.2) is 0 Å². The molecular formula is C25H32F4N2O2. The molecule has 0 bridgehead atoms. The maximum absolute atomic E-state index is 12.4. The van der Waals surface area contributed by atoms with E-state index in [1.54, 1.807) is 13.0 Å². The number of halogens is 4. The Kier molecular flexibility index (Phi) is 9.11. The fraction of sp³-hybridized carbons (Fsp3) is 0.520. The second-order valence-corrected chi connectivity index (χ2v) is 8.78. The Morgan fingerprint density at radius 3 is 2.42 bits per heavy atom. The molecule has 0 aliphatic carbocycles. The first-order chi connectivity index (χ1) is 15.8. The Hall–Kier alpha value is -2.16. The van der Waals surface area contributed by atoms with Crippen molar-refractivity contribution in [2.45, 2.75) is 38.7 Å². The van der Waals surface area contributed by atoms with Gasteiger partial charge < -0.3 is 9.84 Å². The minimum atomic E-state index is -4.16. The first kappa shape index (κ1) is 25.5. The first-order valence-corrected chi connectivity index (χ1v) is 11.3. The Morgan fingerprint density at radius 2 is 1.79 bits per heavy atom. The maximum Gasteiger partial charge on any atom is 0.401 e. The summed E-state index contributed by atoms with van der Waals surface area (Å²) in [6.45, 7) is 4.39. The normalized spacial score (nSPS) is 19.3. The number of alkyl halides is 4. The van der Waals surface area contributed by atoms with E-state index in [-0.39, 0.29) is 25.2 Å². The summed E-state index contributed by atoms with van der Waals surface area (Å²) < 4.78 is 55.0. The second kappa shape index (κ2) is 11.8. The summed E-state index contributed by atoms with van der Waals surface area (Å²) in [4.78, 5) is 3.66. The zero-order valence-electron chi connectivity index (χ0n) is 18.9. The van der Waals surface area contributed by atoms with Gasteiger partial charge in [-0.15, -0.1) is 0 Å². The van der Waals surface area contributed by atoms with Crippen LogP contribution < -0.4 is 4.74 Å². The Bertz CT molecular complexity index is 857. The lowest BCUT2D eigenvalue weighted by Crippen LogP contribution is -2.49. The minimum Gasteiger partial charge on any atom is -0.492 e. The van der Waals surface area contributed by atoms with Crippen LogP contribution in [-0.2, 0) is 19.6 Å². The largest absolute Gasteiger partial charge is 0.492 e. The Morgan fingerprint density at radius 1 is 1.06 bits per heavy atom. The molecule has 2 aliphatic heterocycles. The van der Waals surface area contributed by atoms with E-state index in [1.807, 2.05) is 42.5 Å². The van der Waals surface area contributed by atoms with Crippen LogP contribution in [0.4, 0.5) is 17.6 Å². The van der Waals surface area contributed by atoms with Crippen LogP contribution in [0.25, 0.3) is 0 Å². The highest BCUT2D eigenvalue weighted by atomic mass is 19.4. The van der Waals surface area contributed by atoms with E-state index in [2.05, 4.69) is 4.90 Å². The van der Waals surface area contributed by atoms with Gasteiger partial charge in [-0.1, -0.05) is 36.4 Å². The molecule has 1 unspecified atom stereocenters. The predicted molar refractivity (Wildman–Crippen MR) is 120 cm³/mol. The summed E-state index contributed by atoms with van der Waals surface area (Å²) >= 11 is 0. The molecular weight excluding hydrogens is 436 g/mol. The van der Waals surface area contributed by atoms with Crippen LogP contribution in [0.15, 0.2) is 48.5 Å². The standard InChI is InChI=1S/C13H16F3NO.C12H16FNO/c1-9-4-12-5-10(7-18)2-3-11(12)6-17(9)8-13(14,15)16;13-8-11-9-14(10-11)6-7-15-12-4-2-1-3-5-12/h2-3,5,9,18H,4,6-8H2,1H3;1-5,11H,6-10H2. The fourth-order valence-corrected chi connectivity index (χ4v) is 4.15. The molecule has 182 valence electrons. The first-order valence-electron chi connectivity index (χ1n) is 11.3. The zero-order chi connectivity index (χ0) is 23.8. The molecule has 0 amide bonds. The molecule has 1 saturated heterocycles. The number of benzene rings is 2. The highest BCUT2D eigenvalue weighted by molar-refractivity contribution is 5.34. The average Bonchev–Trinajstić information content (AvgIpc) is 2.76. The van der Waals surface area contributed by atoms with Crippen molar-refractivity contribution in [3.05, 3.63) is 65.2 Å². The number of hydrogen-bond acceptors (Lipinski definition) is 4. The number of para-hydroxylation sites is 1. The molecule has 2 heterocycles. The van der Waals surface area contributed by atoms with Crippen LogP contribution in [0, 0.1) is 5.92 Å². The third kappa shape index (κ3) is 7.98. The highest BCUT2D eigenvalue weighted by Gasteiger charge is 2.34. The van der Waals surface area contributed by atoms with Crippen molar-refractivity contribution in [2.24, 2.45) is 5.92 Å². The Balaban J connectivity index is 0.000000189. The van der Waals surface area contributed by atoms with Crippen molar-refractivity contribution in [2.75, 3.05) is 39.5 Å². The molecule has 0 radical (unpaired) electrons. The van der Waals surface area contributed by atoms with Crippen LogP contribution in [0.1, 0.15) is 23.6 Å². The molecule has 4 rings (SSSR count). The third-order valence-corrected chi connectivity index (χ3v) is 6.02. The molecule has 1 atom stereocenters. The van der Waals surface area contributed by atoms with E-state index in [0.29, 0.717) is 19.6 Å². The van der Waals surface area contributed by atoms with Gasteiger partial charge >= 0.3 is 6.18 Å². The molecule has 2 aromatic carbocycles. The molecule has 1 N–H and O–H groups in total. The van der Waals surface area contributed by atoms with E-state index < -0.39 is 12.7 Å². The number of nitrogens with zero attached hydrogens (tertiary/aromatic N) is 2.